The Morgan fingerprint density at radius 2 is 0.544 bits per heavy atom. The summed E-state index contributed by atoms with van der Waals surface area (Å²) in [5.41, 5.74) is 16.2. The van der Waals surface area contributed by atoms with Gasteiger partial charge in [-0.15, -0.1) is 0 Å². The van der Waals surface area contributed by atoms with Crippen molar-refractivity contribution in [3.63, 3.8) is 0 Å². The van der Waals surface area contributed by atoms with Gasteiger partial charge < -0.3 is 13.3 Å². The van der Waals surface area contributed by atoms with Crippen molar-refractivity contribution in [3.05, 3.63) is 182 Å². The topological polar surface area (TPSA) is 65.2 Å². The van der Waals surface area contributed by atoms with Crippen molar-refractivity contribution >= 4 is 66.1 Å². The average Bonchev–Trinajstić information content (AvgIpc) is 3.96. The van der Waals surface area contributed by atoms with Crippen LogP contribution in [0.25, 0.3) is 122 Å². The summed E-state index contributed by atoms with van der Waals surface area (Å²) in [6.45, 7) is 0. The number of furan rings is 3. The molecule has 0 saturated carbocycles. The average molecular weight is 731 g/mol. The first-order valence-corrected chi connectivity index (χ1v) is 19.0. The highest BCUT2D eigenvalue weighted by Gasteiger charge is 2.14. The lowest BCUT2D eigenvalue weighted by Gasteiger charge is -2.09. The molecule has 0 radical (unpaired) electrons. The van der Waals surface area contributed by atoms with Crippen molar-refractivity contribution in [1.29, 1.82) is 0 Å². The van der Waals surface area contributed by atoms with Gasteiger partial charge in [0, 0.05) is 44.7 Å². The van der Waals surface area contributed by atoms with E-state index in [0.717, 1.165) is 110 Å². The van der Waals surface area contributed by atoms with Gasteiger partial charge >= 0.3 is 0 Å². The van der Waals surface area contributed by atoms with Gasteiger partial charge in [0.1, 0.15) is 22.3 Å². The summed E-state index contributed by atoms with van der Waals surface area (Å²) in [5, 5.41) is 6.37. The van der Waals surface area contributed by atoms with Crippen LogP contribution < -0.4 is 0 Å². The monoisotopic (exact) mass is 730 g/mol. The fourth-order valence-corrected chi connectivity index (χ4v) is 8.35. The highest BCUT2D eigenvalue weighted by atomic mass is 16.3. The van der Waals surface area contributed by atoms with Crippen molar-refractivity contribution in [2.45, 2.75) is 0 Å². The minimum absolute atomic E-state index is 0.660. The highest BCUT2D eigenvalue weighted by molar-refractivity contribution is 6.09. The van der Waals surface area contributed by atoms with Crippen molar-refractivity contribution in [1.82, 2.24) is 9.97 Å². The van der Waals surface area contributed by atoms with Gasteiger partial charge in [-0.25, -0.2) is 9.97 Å². The standard InChI is InChI=1S/C52H30N2O3/c1-6-31(24-33(8-1)37-16-20-49-43(27-37)41-12-4-22-53-51(41)56-49)32-7-2-9-34(25-32)39-14-18-47-45(29-39)46-30-40(15-19-48(46)55-47)36-11-3-10-35(26-36)38-17-21-50-44(28-38)42-13-5-23-54-52(42)57-50/h1-30H. The number of hydrogen-bond acceptors (Lipinski definition) is 5. The van der Waals surface area contributed by atoms with E-state index >= 15 is 0 Å². The van der Waals surface area contributed by atoms with Crippen LogP contribution in [-0.2, 0) is 0 Å². The second kappa shape index (κ2) is 12.4. The van der Waals surface area contributed by atoms with E-state index in [-0.39, 0.29) is 0 Å². The Morgan fingerprint density at radius 3 is 0.895 bits per heavy atom. The largest absolute Gasteiger partial charge is 0.456 e. The molecule has 0 aliphatic carbocycles. The molecule has 0 fully saturated rings. The number of hydrogen-bond donors (Lipinski definition) is 0. The summed E-state index contributed by atoms with van der Waals surface area (Å²) in [6, 6.07) is 59.9. The molecule has 12 aromatic rings. The normalized spacial score (nSPS) is 11.9. The van der Waals surface area contributed by atoms with Gasteiger partial charge in [-0.1, -0.05) is 78.9 Å². The Hall–Kier alpha value is -7.76. The maximum absolute atomic E-state index is 6.37. The van der Waals surface area contributed by atoms with E-state index in [0.29, 0.717) is 11.4 Å². The molecular weight excluding hydrogens is 701 g/mol. The molecule has 5 heterocycles. The third-order valence-electron chi connectivity index (χ3n) is 11.2. The van der Waals surface area contributed by atoms with Crippen LogP contribution in [-0.4, -0.2) is 9.97 Å². The fourth-order valence-electron chi connectivity index (χ4n) is 8.35. The molecule has 0 bridgehead atoms. The molecule has 5 nitrogen and oxygen atoms in total. The molecule has 5 heteroatoms. The summed E-state index contributed by atoms with van der Waals surface area (Å²) in [6.07, 6.45) is 3.53. The summed E-state index contributed by atoms with van der Waals surface area (Å²) < 4.78 is 18.3. The van der Waals surface area contributed by atoms with Crippen molar-refractivity contribution in [3.8, 4) is 55.6 Å². The van der Waals surface area contributed by atoms with Crippen LogP contribution >= 0.6 is 0 Å². The molecule has 12 rings (SSSR count). The Bertz CT molecular complexity index is 3550. The number of fused-ring (bicyclic) bond motifs is 9. The van der Waals surface area contributed by atoms with Crippen LogP contribution in [0.5, 0.6) is 0 Å². The lowest BCUT2D eigenvalue weighted by molar-refractivity contribution is 0.653. The number of nitrogens with zero attached hydrogens (tertiary/aromatic N) is 2. The van der Waals surface area contributed by atoms with Crippen LogP contribution in [0.3, 0.4) is 0 Å². The predicted octanol–water partition coefficient (Wildman–Crippen LogP) is 14.5. The first-order chi connectivity index (χ1) is 28.2. The minimum Gasteiger partial charge on any atom is -0.456 e. The van der Waals surface area contributed by atoms with Gasteiger partial charge in [0.15, 0.2) is 0 Å². The summed E-state index contributed by atoms with van der Waals surface area (Å²) in [5.74, 6) is 0. The van der Waals surface area contributed by atoms with Gasteiger partial charge in [-0.05, 0) is 147 Å². The highest BCUT2D eigenvalue weighted by Crippen LogP contribution is 2.39. The van der Waals surface area contributed by atoms with E-state index in [2.05, 4.69) is 156 Å². The van der Waals surface area contributed by atoms with Gasteiger partial charge in [-0.3, -0.25) is 0 Å². The lowest BCUT2D eigenvalue weighted by atomic mass is 9.95. The predicted molar refractivity (Wildman–Crippen MR) is 231 cm³/mol. The van der Waals surface area contributed by atoms with Gasteiger partial charge in [0.25, 0.3) is 0 Å². The van der Waals surface area contributed by atoms with Crippen molar-refractivity contribution in [2.24, 2.45) is 0 Å². The first kappa shape index (κ1) is 31.6. The van der Waals surface area contributed by atoms with Crippen LogP contribution in [0.15, 0.2) is 196 Å². The van der Waals surface area contributed by atoms with E-state index in [1.54, 1.807) is 12.4 Å². The molecule has 0 atom stereocenters. The van der Waals surface area contributed by atoms with Crippen molar-refractivity contribution in [2.75, 3.05) is 0 Å². The number of aromatic nitrogens is 2. The Labute approximate surface area is 326 Å². The fraction of sp³-hybridized carbons (Fsp3) is 0. The molecule has 0 unspecified atom stereocenters. The lowest BCUT2D eigenvalue weighted by Crippen LogP contribution is -1.84. The zero-order chi connectivity index (χ0) is 37.5. The molecule has 5 aromatic heterocycles. The molecule has 266 valence electrons. The molecule has 0 aliphatic heterocycles. The second-order valence-corrected chi connectivity index (χ2v) is 14.6. The van der Waals surface area contributed by atoms with E-state index in [4.69, 9.17) is 13.3 Å². The molecule has 57 heavy (non-hydrogen) atoms. The number of rotatable bonds is 5. The van der Waals surface area contributed by atoms with E-state index in [9.17, 15) is 0 Å². The zero-order valence-corrected chi connectivity index (χ0v) is 30.4. The Morgan fingerprint density at radius 1 is 0.246 bits per heavy atom. The smallest absolute Gasteiger partial charge is 0.227 e. The molecule has 0 saturated heterocycles. The Balaban J connectivity index is 0.881. The maximum Gasteiger partial charge on any atom is 0.227 e. The van der Waals surface area contributed by atoms with E-state index in [1.807, 2.05) is 24.3 Å². The molecular formula is C52H30N2O3. The first-order valence-electron chi connectivity index (χ1n) is 19.0. The van der Waals surface area contributed by atoms with E-state index in [1.165, 1.54) is 0 Å². The summed E-state index contributed by atoms with van der Waals surface area (Å²) in [7, 11) is 0. The molecule has 7 aromatic carbocycles. The van der Waals surface area contributed by atoms with Crippen LogP contribution in [0.4, 0.5) is 0 Å². The van der Waals surface area contributed by atoms with Crippen LogP contribution in [0.2, 0.25) is 0 Å². The molecule has 0 N–H and O–H groups in total. The zero-order valence-electron chi connectivity index (χ0n) is 30.4. The van der Waals surface area contributed by atoms with Crippen LogP contribution in [0.1, 0.15) is 0 Å². The number of benzene rings is 7. The summed E-state index contributed by atoms with van der Waals surface area (Å²) in [4.78, 5) is 8.80. The Kier molecular flexibility index (Phi) is 6.86. The molecule has 0 spiro atoms. The number of pyridine rings is 2. The van der Waals surface area contributed by atoms with Gasteiger partial charge in [0.2, 0.25) is 11.4 Å². The molecule has 0 amide bonds. The van der Waals surface area contributed by atoms with Gasteiger partial charge in [-0.2, -0.15) is 0 Å². The third kappa shape index (κ3) is 5.24. The SMILES string of the molecule is c1cc(-c2cccc(-c3ccc4oc5ncccc5c4c3)c2)cc(-c2ccc3oc4ccc(-c5cccc(-c6ccc7oc8ncccc8c7c6)c5)cc4c3c2)c1. The van der Waals surface area contributed by atoms with Crippen molar-refractivity contribution < 1.29 is 13.3 Å². The van der Waals surface area contributed by atoms with E-state index < -0.39 is 0 Å². The van der Waals surface area contributed by atoms with Gasteiger partial charge in [0.05, 0.1) is 0 Å². The van der Waals surface area contributed by atoms with Crippen LogP contribution in [0, 0.1) is 0 Å². The summed E-state index contributed by atoms with van der Waals surface area (Å²) >= 11 is 0. The quantitative estimate of drug-likeness (QED) is 0.176. The second-order valence-electron chi connectivity index (χ2n) is 14.6. The minimum atomic E-state index is 0.660. The molecule has 0 aliphatic rings. The maximum atomic E-state index is 6.37. The third-order valence-corrected chi connectivity index (χ3v) is 11.2.